The molecule has 0 radical (unpaired) electrons. The molecule has 0 aromatic rings. The third-order valence-corrected chi connectivity index (χ3v) is 5.75. The quantitative estimate of drug-likeness (QED) is 0.183. The zero-order valence-corrected chi connectivity index (χ0v) is 18.3. The van der Waals surface area contributed by atoms with Gasteiger partial charge in [0.2, 0.25) is 11.8 Å². The molecule has 1 fully saturated rings. The van der Waals surface area contributed by atoms with E-state index >= 15 is 0 Å². The van der Waals surface area contributed by atoms with Crippen molar-refractivity contribution in [3.05, 3.63) is 12.2 Å². The minimum Gasteiger partial charge on any atom is -0.329 e. The molecule has 0 aliphatic carbocycles. The lowest BCUT2D eigenvalue weighted by atomic mass is 10.0. The van der Waals surface area contributed by atoms with Crippen LogP contribution in [0.5, 0.6) is 0 Å². The van der Waals surface area contributed by atoms with Gasteiger partial charge in [-0.1, -0.05) is 96.1 Å². The average molecular weight is 393 g/mol. The molecule has 1 rings (SSSR count). The van der Waals surface area contributed by atoms with E-state index in [1.165, 1.54) is 88.4 Å². The Balaban J connectivity index is 1.89. The summed E-state index contributed by atoms with van der Waals surface area (Å²) in [5.74, 6) is -0.270. The van der Waals surface area contributed by atoms with Crippen molar-refractivity contribution < 1.29 is 9.59 Å². The largest absolute Gasteiger partial charge is 0.329 e. The van der Waals surface area contributed by atoms with Crippen LogP contribution in [0.15, 0.2) is 12.2 Å². The first-order valence-corrected chi connectivity index (χ1v) is 11.9. The molecule has 4 heteroatoms. The summed E-state index contributed by atoms with van der Waals surface area (Å²) in [6.45, 7) is 2.98. The standard InChI is InChI=1S/C24H44N2O2/c1-2-3-4-5-6-7-8-9-10-11-12-13-14-15-16-17-18-22-21-23(27)26(20-19-25)24(22)28/h16-17,22H,2-15,18-21,25H2,1H3/b17-16+. The van der Waals surface area contributed by atoms with Crippen molar-refractivity contribution in [1.29, 1.82) is 0 Å². The molecule has 1 unspecified atom stereocenters. The van der Waals surface area contributed by atoms with Gasteiger partial charge in [-0.3, -0.25) is 14.5 Å². The lowest BCUT2D eigenvalue weighted by Gasteiger charge is -2.12. The van der Waals surface area contributed by atoms with Gasteiger partial charge in [-0.05, 0) is 19.3 Å². The van der Waals surface area contributed by atoms with E-state index in [1.54, 1.807) is 0 Å². The Labute approximate surface area is 173 Å². The lowest BCUT2D eigenvalue weighted by molar-refractivity contribution is -0.139. The van der Waals surface area contributed by atoms with Crippen LogP contribution in [0.4, 0.5) is 0 Å². The van der Waals surface area contributed by atoms with Crippen LogP contribution in [0.3, 0.4) is 0 Å². The number of unbranched alkanes of at least 4 members (excludes halogenated alkanes) is 13. The Hall–Kier alpha value is -1.16. The molecule has 0 saturated carbocycles. The van der Waals surface area contributed by atoms with E-state index in [9.17, 15) is 9.59 Å². The number of carbonyl (C=O) groups is 2. The molecule has 0 bridgehead atoms. The van der Waals surface area contributed by atoms with Crippen LogP contribution in [-0.2, 0) is 9.59 Å². The van der Waals surface area contributed by atoms with Crippen molar-refractivity contribution in [1.82, 2.24) is 4.90 Å². The smallest absolute Gasteiger partial charge is 0.233 e. The van der Waals surface area contributed by atoms with E-state index in [0.717, 1.165) is 6.42 Å². The normalized spacial score (nSPS) is 17.4. The summed E-state index contributed by atoms with van der Waals surface area (Å²) in [7, 11) is 0. The Morgan fingerprint density at radius 2 is 1.39 bits per heavy atom. The molecule has 4 nitrogen and oxygen atoms in total. The van der Waals surface area contributed by atoms with Crippen molar-refractivity contribution >= 4 is 11.8 Å². The number of carbonyl (C=O) groups excluding carboxylic acids is 2. The third-order valence-electron chi connectivity index (χ3n) is 5.75. The van der Waals surface area contributed by atoms with E-state index < -0.39 is 0 Å². The predicted octanol–water partition coefficient (Wildman–Crippen LogP) is 5.75. The van der Waals surface area contributed by atoms with Gasteiger partial charge in [-0.15, -0.1) is 0 Å². The number of allylic oxidation sites excluding steroid dienone is 2. The van der Waals surface area contributed by atoms with E-state index in [-0.39, 0.29) is 17.7 Å². The van der Waals surface area contributed by atoms with Crippen LogP contribution in [0.1, 0.15) is 110 Å². The molecular formula is C24H44N2O2. The predicted molar refractivity (Wildman–Crippen MR) is 118 cm³/mol. The van der Waals surface area contributed by atoms with Crippen LogP contribution in [-0.4, -0.2) is 29.8 Å². The Morgan fingerprint density at radius 1 is 0.857 bits per heavy atom. The molecule has 1 saturated heterocycles. The highest BCUT2D eigenvalue weighted by molar-refractivity contribution is 6.03. The monoisotopic (exact) mass is 392 g/mol. The molecule has 2 N–H and O–H groups in total. The van der Waals surface area contributed by atoms with Gasteiger partial charge in [0.15, 0.2) is 0 Å². The molecule has 1 aliphatic rings. The summed E-state index contributed by atoms with van der Waals surface area (Å²) in [5.41, 5.74) is 5.46. The Morgan fingerprint density at radius 3 is 1.93 bits per heavy atom. The number of nitrogens with zero attached hydrogens (tertiary/aromatic N) is 1. The third kappa shape index (κ3) is 11.0. The maximum atomic E-state index is 12.1. The first-order valence-electron chi connectivity index (χ1n) is 11.9. The van der Waals surface area contributed by atoms with Gasteiger partial charge < -0.3 is 5.73 Å². The van der Waals surface area contributed by atoms with Crippen molar-refractivity contribution in [2.24, 2.45) is 11.7 Å². The molecule has 1 heterocycles. The number of hydrogen-bond donors (Lipinski definition) is 1. The maximum absolute atomic E-state index is 12.1. The van der Waals surface area contributed by atoms with Crippen molar-refractivity contribution in [3.8, 4) is 0 Å². The molecule has 2 amide bonds. The number of imide groups is 1. The molecule has 1 atom stereocenters. The van der Waals surface area contributed by atoms with E-state index in [1.807, 2.05) is 0 Å². The fourth-order valence-corrected chi connectivity index (χ4v) is 3.96. The van der Waals surface area contributed by atoms with Gasteiger partial charge in [0, 0.05) is 19.5 Å². The van der Waals surface area contributed by atoms with Crippen LogP contribution in [0.25, 0.3) is 0 Å². The fourth-order valence-electron chi connectivity index (χ4n) is 3.96. The average Bonchev–Trinajstić information content (AvgIpc) is 2.95. The zero-order chi connectivity index (χ0) is 20.5. The Kier molecular flexibility index (Phi) is 14.9. The second-order valence-corrected chi connectivity index (χ2v) is 8.31. The summed E-state index contributed by atoms with van der Waals surface area (Å²) in [6.07, 6.45) is 24.3. The lowest BCUT2D eigenvalue weighted by Crippen LogP contribution is -2.35. The van der Waals surface area contributed by atoms with Crippen molar-refractivity contribution in [2.75, 3.05) is 13.1 Å². The summed E-state index contributed by atoms with van der Waals surface area (Å²) in [4.78, 5) is 25.2. The van der Waals surface area contributed by atoms with E-state index in [0.29, 0.717) is 25.9 Å². The number of nitrogens with two attached hydrogens (primary N) is 1. The van der Waals surface area contributed by atoms with Crippen LogP contribution >= 0.6 is 0 Å². The maximum Gasteiger partial charge on any atom is 0.233 e. The first-order chi connectivity index (χ1) is 13.7. The highest BCUT2D eigenvalue weighted by Crippen LogP contribution is 2.22. The first kappa shape index (κ1) is 24.9. The van der Waals surface area contributed by atoms with Crippen LogP contribution < -0.4 is 5.73 Å². The van der Waals surface area contributed by atoms with Gasteiger partial charge >= 0.3 is 0 Å². The molecule has 28 heavy (non-hydrogen) atoms. The van der Waals surface area contributed by atoms with Crippen LogP contribution in [0.2, 0.25) is 0 Å². The van der Waals surface area contributed by atoms with Gasteiger partial charge in [-0.2, -0.15) is 0 Å². The topological polar surface area (TPSA) is 63.4 Å². The molecule has 162 valence electrons. The Bertz CT molecular complexity index is 448. The van der Waals surface area contributed by atoms with Gasteiger partial charge in [0.25, 0.3) is 0 Å². The SMILES string of the molecule is CCCCCCCCCCCCCCC/C=C/CC1CC(=O)N(CCN)C1=O. The number of hydrogen-bond acceptors (Lipinski definition) is 3. The summed E-state index contributed by atoms with van der Waals surface area (Å²) in [5, 5.41) is 0. The minimum atomic E-state index is -0.165. The number of amides is 2. The van der Waals surface area contributed by atoms with E-state index in [4.69, 9.17) is 5.73 Å². The second kappa shape index (κ2) is 16.8. The summed E-state index contributed by atoms with van der Waals surface area (Å²) < 4.78 is 0. The number of likely N-dealkylation sites (tertiary alicyclic amines) is 1. The fraction of sp³-hybridized carbons (Fsp3) is 0.833. The van der Waals surface area contributed by atoms with Gasteiger partial charge in [0.05, 0.1) is 5.92 Å². The van der Waals surface area contributed by atoms with Crippen molar-refractivity contribution in [3.63, 3.8) is 0 Å². The number of rotatable bonds is 18. The molecule has 1 aliphatic heterocycles. The molecule has 0 aromatic carbocycles. The van der Waals surface area contributed by atoms with Gasteiger partial charge in [0.1, 0.15) is 0 Å². The highest BCUT2D eigenvalue weighted by atomic mass is 16.2. The van der Waals surface area contributed by atoms with Crippen LogP contribution in [0, 0.1) is 5.92 Å². The molecule has 0 aromatic heterocycles. The van der Waals surface area contributed by atoms with E-state index in [2.05, 4.69) is 19.1 Å². The second-order valence-electron chi connectivity index (χ2n) is 8.31. The highest BCUT2D eigenvalue weighted by Gasteiger charge is 2.36. The van der Waals surface area contributed by atoms with Crippen molar-refractivity contribution in [2.45, 2.75) is 110 Å². The minimum absolute atomic E-state index is 0.0407. The molecular weight excluding hydrogens is 348 g/mol. The summed E-state index contributed by atoms with van der Waals surface area (Å²) in [6, 6.07) is 0. The summed E-state index contributed by atoms with van der Waals surface area (Å²) >= 11 is 0. The zero-order valence-electron chi connectivity index (χ0n) is 18.3. The molecule has 0 spiro atoms. The van der Waals surface area contributed by atoms with Gasteiger partial charge in [-0.25, -0.2) is 0 Å².